The fourth-order valence-electron chi connectivity index (χ4n) is 1.76. The molecular weight excluding hydrogens is 192 g/mol. The van der Waals surface area contributed by atoms with Crippen molar-refractivity contribution in [2.75, 3.05) is 13.7 Å². The number of carbonyl (C=O) groups excluding carboxylic acids is 1. The Morgan fingerprint density at radius 3 is 3.07 bits per heavy atom. The molecule has 0 amide bonds. The maximum atomic E-state index is 11.3. The van der Waals surface area contributed by atoms with E-state index in [0.29, 0.717) is 5.56 Å². The molecule has 0 spiro atoms. The van der Waals surface area contributed by atoms with Gasteiger partial charge in [0.05, 0.1) is 19.3 Å². The average Bonchev–Trinajstić information content (AvgIpc) is 2.51. The molecule has 1 heterocycles. The predicted molar refractivity (Wildman–Crippen MR) is 56.2 cm³/mol. The van der Waals surface area contributed by atoms with E-state index in [4.69, 9.17) is 4.74 Å². The Bertz CT molecular complexity index is 371. The molecule has 0 aromatic heterocycles. The third-order valence-corrected chi connectivity index (χ3v) is 2.58. The molecule has 1 aliphatic rings. The lowest BCUT2D eigenvalue weighted by atomic mass is 10.1. The Morgan fingerprint density at radius 2 is 2.27 bits per heavy atom. The van der Waals surface area contributed by atoms with Gasteiger partial charge in [0.2, 0.25) is 0 Å². The number of hydrogen-bond acceptors (Lipinski definition) is 3. The fraction of sp³-hybridized carbons (Fsp3) is 0.417. The van der Waals surface area contributed by atoms with Crippen LogP contribution < -0.4 is 4.74 Å². The molecule has 1 aromatic rings. The number of ether oxygens (including phenoxy) is 2. The Hall–Kier alpha value is -1.51. The van der Waals surface area contributed by atoms with Gasteiger partial charge in [0.15, 0.2) is 0 Å². The Kier molecular flexibility index (Phi) is 2.90. The highest BCUT2D eigenvalue weighted by Gasteiger charge is 2.12. The zero-order valence-corrected chi connectivity index (χ0v) is 8.79. The molecule has 1 aromatic carbocycles. The average molecular weight is 206 g/mol. The predicted octanol–water partition coefficient (Wildman–Crippen LogP) is 2.19. The van der Waals surface area contributed by atoms with Crippen molar-refractivity contribution in [1.82, 2.24) is 0 Å². The van der Waals surface area contributed by atoms with Crippen LogP contribution in [0.5, 0.6) is 5.75 Å². The summed E-state index contributed by atoms with van der Waals surface area (Å²) in [6, 6.07) is 5.47. The van der Waals surface area contributed by atoms with Crippen molar-refractivity contribution in [2.24, 2.45) is 0 Å². The molecule has 0 saturated heterocycles. The lowest BCUT2D eigenvalue weighted by Gasteiger charge is -2.07. The molecule has 0 radical (unpaired) electrons. The van der Waals surface area contributed by atoms with Gasteiger partial charge < -0.3 is 9.47 Å². The summed E-state index contributed by atoms with van der Waals surface area (Å²) in [5.74, 6) is 0.613. The largest absolute Gasteiger partial charge is 0.493 e. The van der Waals surface area contributed by atoms with Crippen LogP contribution in [0.3, 0.4) is 0 Å². The highest BCUT2D eigenvalue weighted by molar-refractivity contribution is 5.89. The number of benzene rings is 1. The van der Waals surface area contributed by atoms with Gasteiger partial charge in [-0.25, -0.2) is 4.79 Å². The summed E-state index contributed by atoms with van der Waals surface area (Å²) < 4.78 is 10.2. The van der Waals surface area contributed by atoms with Crippen LogP contribution in [0.25, 0.3) is 0 Å². The van der Waals surface area contributed by atoms with Crippen molar-refractivity contribution < 1.29 is 14.3 Å². The Morgan fingerprint density at radius 1 is 1.40 bits per heavy atom. The zero-order chi connectivity index (χ0) is 10.7. The topological polar surface area (TPSA) is 35.5 Å². The molecule has 3 heteroatoms. The second-order valence-electron chi connectivity index (χ2n) is 3.62. The first-order valence-electron chi connectivity index (χ1n) is 5.15. The van der Waals surface area contributed by atoms with Crippen molar-refractivity contribution in [3.63, 3.8) is 0 Å². The number of esters is 1. The molecular formula is C12H14O3. The van der Waals surface area contributed by atoms with Gasteiger partial charge in [0, 0.05) is 0 Å². The van der Waals surface area contributed by atoms with Crippen molar-refractivity contribution in [2.45, 2.75) is 19.3 Å². The van der Waals surface area contributed by atoms with E-state index in [1.165, 1.54) is 7.11 Å². The second kappa shape index (κ2) is 4.34. The van der Waals surface area contributed by atoms with E-state index in [0.717, 1.165) is 37.2 Å². The van der Waals surface area contributed by atoms with Gasteiger partial charge in [-0.1, -0.05) is 0 Å². The minimum Gasteiger partial charge on any atom is -0.493 e. The molecule has 0 N–H and O–H groups in total. The van der Waals surface area contributed by atoms with Crippen molar-refractivity contribution in [1.29, 1.82) is 0 Å². The van der Waals surface area contributed by atoms with Crippen LogP contribution in [0, 0.1) is 0 Å². The van der Waals surface area contributed by atoms with E-state index in [1.54, 1.807) is 6.07 Å². The summed E-state index contributed by atoms with van der Waals surface area (Å²) >= 11 is 0. The third kappa shape index (κ3) is 2.12. The molecule has 0 saturated carbocycles. The van der Waals surface area contributed by atoms with Crippen LogP contribution in [0.4, 0.5) is 0 Å². The van der Waals surface area contributed by atoms with Crippen LogP contribution >= 0.6 is 0 Å². The molecule has 0 unspecified atom stereocenters. The van der Waals surface area contributed by atoms with E-state index in [1.807, 2.05) is 12.1 Å². The minimum absolute atomic E-state index is 0.290. The summed E-state index contributed by atoms with van der Waals surface area (Å²) in [6.07, 6.45) is 3.15. The molecule has 0 fully saturated rings. The molecule has 15 heavy (non-hydrogen) atoms. The van der Waals surface area contributed by atoms with Gasteiger partial charge >= 0.3 is 5.97 Å². The Balaban J connectivity index is 2.31. The smallest absolute Gasteiger partial charge is 0.337 e. The second-order valence-corrected chi connectivity index (χ2v) is 3.62. The van der Waals surface area contributed by atoms with Crippen molar-refractivity contribution >= 4 is 5.97 Å². The molecule has 0 aliphatic carbocycles. The van der Waals surface area contributed by atoms with Gasteiger partial charge in [-0.15, -0.1) is 0 Å². The van der Waals surface area contributed by atoms with Crippen LogP contribution in [-0.4, -0.2) is 19.7 Å². The summed E-state index contributed by atoms with van der Waals surface area (Å²) in [5, 5.41) is 0. The zero-order valence-electron chi connectivity index (χ0n) is 8.79. The normalized spacial score (nSPS) is 14.7. The number of fused-ring (bicyclic) bond motifs is 1. The molecule has 0 atom stereocenters. The summed E-state index contributed by atoms with van der Waals surface area (Å²) in [6.45, 7) is 0.768. The minimum atomic E-state index is -0.290. The molecule has 3 nitrogen and oxygen atoms in total. The summed E-state index contributed by atoms with van der Waals surface area (Å²) in [5.41, 5.74) is 1.71. The van der Waals surface area contributed by atoms with Gasteiger partial charge in [0.1, 0.15) is 5.75 Å². The maximum absolute atomic E-state index is 11.3. The van der Waals surface area contributed by atoms with E-state index in [2.05, 4.69) is 4.74 Å². The first-order valence-corrected chi connectivity index (χ1v) is 5.15. The SMILES string of the molecule is COC(=O)c1ccc2c(c1)CCCCO2. The standard InChI is InChI=1S/C12H14O3/c1-14-12(13)10-5-6-11-9(8-10)4-2-3-7-15-11/h5-6,8H,2-4,7H2,1H3. The van der Waals surface area contributed by atoms with Gasteiger partial charge in [-0.2, -0.15) is 0 Å². The monoisotopic (exact) mass is 206 g/mol. The lowest BCUT2D eigenvalue weighted by Crippen LogP contribution is -2.02. The number of carbonyl (C=O) groups is 1. The van der Waals surface area contributed by atoms with Gasteiger partial charge in [0.25, 0.3) is 0 Å². The van der Waals surface area contributed by atoms with Gasteiger partial charge in [-0.05, 0) is 43.0 Å². The van der Waals surface area contributed by atoms with E-state index in [9.17, 15) is 4.79 Å². The molecule has 1 aliphatic heterocycles. The van der Waals surface area contributed by atoms with Crippen molar-refractivity contribution in [3.05, 3.63) is 29.3 Å². The quantitative estimate of drug-likeness (QED) is 0.661. The number of hydrogen-bond donors (Lipinski definition) is 0. The van der Waals surface area contributed by atoms with Gasteiger partial charge in [-0.3, -0.25) is 0 Å². The molecule has 2 rings (SSSR count). The number of aryl methyl sites for hydroxylation is 1. The number of methoxy groups -OCH3 is 1. The third-order valence-electron chi connectivity index (χ3n) is 2.58. The highest BCUT2D eigenvalue weighted by Crippen LogP contribution is 2.25. The van der Waals surface area contributed by atoms with Crippen LogP contribution in [0.15, 0.2) is 18.2 Å². The number of rotatable bonds is 1. The van der Waals surface area contributed by atoms with Crippen LogP contribution in [-0.2, 0) is 11.2 Å². The fourth-order valence-corrected chi connectivity index (χ4v) is 1.76. The van der Waals surface area contributed by atoms with E-state index < -0.39 is 0 Å². The van der Waals surface area contributed by atoms with Crippen LogP contribution in [0.1, 0.15) is 28.8 Å². The summed E-state index contributed by atoms with van der Waals surface area (Å²) in [4.78, 5) is 11.3. The highest BCUT2D eigenvalue weighted by atomic mass is 16.5. The summed E-state index contributed by atoms with van der Waals surface area (Å²) in [7, 11) is 1.39. The van der Waals surface area contributed by atoms with Crippen molar-refractivity contribution in [3.8, 4) is 5.75 Å². The molecule has 80 valence electrons. The van der Waals surface area contributed by atoms with E-state index in [-0.39, 0.29) is 5.97 Å². The first-order chi connectivity index (χ1) is 7.31. The lowest BCUT2D eigenvalue weighted by molar-refractivity contribution is 0.0600. The first kappa shape index (κ1) is 10.0. The maximum Gasteiger partial charge on any atom is 0.337 e. The molecule has 0 bridgehead atoms. The Labute approximate surface area is 89.0 Å². The van der Waals surface area contributed by atoms with Crippen LogP contribution in [0.2, 0.25) is 0 Å². The van der Waals surface area contributed by atoms with E-state index >= 15 is 0 Å².